The number of rotatable bonds is 3. The highest BCUT2D eigenvalue weighted by Crippen LogP contribution is 2.21. The molecule has 0 spiro atoms. The van der Waals surface area contributed by atoms with Crippen molar-refractivity contribution in [2.45, 2.75) is 32.7 Å². The number of urea groups is 1. The molecule has 2 amide bonds. The van der Waals surface area contributed by atoms with Gasteiger partial charge in [-0.25, -0.2) is 4.79 Å². The van der Waals surface area contributed by atoms with E-state index in [1.165, 1.54) is 5.56 Å². The Kier molecular flexibility index (Phi) is 3.93. The van der Waals surface area contributed by atoms with Gasteiger partial charge in [-0.2, -0.15) is 0 Å². The summed E-state index contributed by atoms with van der Waals surface area (Å²) in [6, 6.07) is 8.14. The van der Waals surface area contributed by atoms with Crippen LogP contribution < -0.4 is 10.6 Å². The van der Waals surface area contributed by atoms with Crippen molar-refractivity contribution in [2.24, 2.45) is 0 Å². The van der Waals surface area contributed by atoms with Gasteiger partial charge < -0.3 is 10.6 Å². The Morgan fingerprint density at radius 3 is 2.62 bits per heavy atom. The van der Waals surface area contributed by atoms with Crippen molar-refractivity contribution >= 4 is 6.03 Å². The monoisotopic (exact) mass is 220 g/mol. The number of carbonyl (C=O) groups excluding carboxylic acids is 1. The molecule has 1 rings (SSSR count). The Bertz CT molecular complexity index is 372. The minimum Gasteiger partial charge on any atom is -0.341 e. The molecule has 1 aromatic rings. The van der Waals surface area contributed by atoms with Gasteiger partial charge in [0.15, 0.2) is 0 Å². The number of nitrogens with one attached hydrogen (secondary N) is 2. The fraction of sp³-hybridized carbons (Fsp3) is 0.462. The van der Waals surface area contributed by atoms with Crippen molar-refractivity contribution in [3.05, 3.63) is 35.4 Å². The molecule has 0 radical (unpaired) electrons. The van der Waals surface area contributed by atoms with Crippen LogP contribution in [-0.2, 0) is 12.0 Å². The summed E-state index contributed by atoms with van der Waals surface area (Å²) >= 11 is 0. The second-order valence-electron chi connectivity index (χ2n) is 4.38. The van der Waals surface area contributed by atoms with Crippen molar-refractivity contribution in [1.82, 2.24) is 10.6 Å². The lowest BCUT2D eigenvalue weighted by molar-refractivity contribution is 0.232. The molecule has 0 aliphatic carbocycles. The molecule has 16 heavy (non-hydrogen) atoms. The third kappa shape index (κ3) is 2.99. The van der Waals surface area contributed by atoms with Gasteiger partial charge >= 0.3 is 6.03 Å². The Hall–Kier alpha value is -1.51. The Morgan fingerprint density at radius 2 is 2.06 bits per heavy atom. The van der Waals surface area contributed by atoms with Crippen LogP contribution in [0.2, 0.25) is 0 Å². The van der Waals surface area contributed by atoms with Crippen LogP contribution in [0.15, 0.2) is 24.3 Å². The number of benzene rings is 1. The molecule has 0 bridgehead atoms. The zero-order chi connectivity index (χ0) is 12.2. The first-order valence-corrected chi connectivity index (χ1v) is 5.59. The van der Waals surface area contributed by atoms with Gasteiger partial charge in [-0.1, -0.05) is 31.2 Å². The summed E-state index contributed by atoms with van der Waals surface area (Å²) < 4.78 is 0. The van der Waals surface area contributed by atoms with Gasteiger partial charge in [0.2, 0.25) is 0 Å². The first-order valence-electron chi connectivity index (χ1n) is 5.59. The van der Waals surface area contributed by atoms with Crippen LogP contribution >= 0.6 is 0 Å². The highest BCUT2D eigenvalue weighted by atomic mass is 16.2. The van der Waals surface area contributed by atoms with Gasteiger partial charge in [0, 0.05) is 7.05 Å². The fourth-order valence-corrected chi connectivity index (χ4v) is 1.60. The topological polar surface area (TPSA) is 41.1 Å². The van der Waals surface area contributed by atoms with E-state index in [9.17, 15) is 4.79 Å². The maximum absolute atomic E-state index is 11.3. The van der Waals surface area contributed by atoms with Crippen molar-refractivity contribution in [2.75, 3.05) is 7.05 Å². The van der Waals surface area contributed by atoms with Crippen LogP contribution in [0.3, 0.4) is 0 Å². The van der Waals surface area contributed by atoms with E-state index in [0.29, 0.717) is 0 Å². The van der Waals surface area contributed by atoms with Gasteiger partial charge in [0.1, 0.15) is 0 Å². The molecule has 0 heterocycles. The van der Waals surface area contributed by atoms with Crippen LogP contribution in [0.5, 0.6) is 0 Å². The third-order valence-electron chi connectivity index (χ3n) is 2.71. The van der Waals surface area contributed by atoms with E-state index in [0.717, 1.165) is 12.0 Å². The fourth-order valence-electron chi connectivity index (χ4n) is 1.60. The maximum atomic E-state index is 11.3. The van der Waals surface area contributed by atoms with Gasteiger partial charge in [-0.3, -0.25) is 0 Å². The summed E-state index contributed by atoms with van der Waals surface area (Å²) in [5.41, 5.74) is 2.05. The average Bonchev–Trinajstić information content (AvgIpc) is 2.28. The molecule has 88 valence electrons. The maximum Gasteiger partial charge on any atom is 0.315 e. The molecule has 3 heteroatoms. The van der Waals surface area contributed by atoms with Crippen molar-refractivity contribution in [1.29, 1.82) is 0 Å². The smallest absolute Gasteiger partial charge is 0.315 e. The summed E-state index contributed by atoms with van der Waals surface area (Å²) in [5.74, 6) is 0. The number of carbonyl (C=O) groups is 1. The summed E-state index contributed by atoms with van der Waals surface area (Å²) in [6.07, 6.45) is 1.00. The quantitative estimate of drug-likeness (QED) is 0.807. The number of hydrogen-bond acceptors (Lipinski definition) is 1. The molecule has 0 atom stereocenters. The number of aryl methyl sites for hydroxylation is 1. The SMILES string of the molecule is CCc1cccc(C(C)(C)NC(=O)NC)c1. The lowest BCUT2D eigenvalue weighted by Gasteiger charge is -2.27. The third-order valence-corrected chi connectivity index (χ3v) is 2.71. The first-order chi connectivity index (χ1) is 7.49. The average molecular weight is 220 g/mol. The Labute approximate surface area is 97.2 Å². The van der Waals surface area contributed by atoms with E-state index in [2.05, 4.69) is 29.7 Å². The normalized spacial score (nSPS) is 11.0. The molecule has 0 aromatic heterocycles. The van der Waals surface area contributed by atoms with E-state index in [-0.39, 0.29) is 11.6 Å². The van der Waals surface area contributed by atoms with Crippen LogP contribution in [0, 0.1) is 0 Å². The Balaban J connectivity index is 2.92. The molecule has 3 nitrogen and oxygen atoms in total. The van der Waals surface area contributed by atoms with Crippen LogP contribution in [-0.4, -0.2) is 13.1 Å². The van der Waals surface area contributed by atoms with Gasteiger partial charge in [-0.15, -0.1) is 0 Å². The van der Waals surface area contributed by atoms with Crippen molar-refractivity contribution in [3.63, 3.8) is 0 Å². The highest BCUT2D eigenvalue weighted by molar-refractivity contribution is 5.74. The van der Waals surface area contributed by atoms with E-state index in [1.54, 1.807) is 7.05 Å². The lowest BCUT2D eigenvalue weighted by atomic mass is 9.92. The van der Waals surface area contributed by atoms with Crippen LogP contribution in [0.1, 0.15) is 31.9 Å². The predicted molar refractivity (Wildman–Crippen MR) is 66.4 cm³/mol. The van der Waals surface area contributed by atoms with Crippen LogP contribution in [0.25, 0.3) is 0 Å². The minimum absolute atomic E-state index is 0.160. The number of hydrogen-bond donors (Lipinski definition) is 2. The largest absolute Gasteiger partial charge is 0.341 e. The zero-order valence-corrected chi connectivity index (χ0v) is 10.4. The van der Waals surface area contributed by atoms with E-state index >= 15 is 0 Å². The molecule has 0 saturated heterocycles. The van der Waals surface area contributed by atoms with Crippen LogP contribution in [0.4, 0.5) is 4.79 Å². The van der Waals surface area contributed by atoms with Crippen molar-refractivity contribution in [3.8, 4) is 0 Å². The molecule has 2 N–H and O–H groups in total. The van der Waals surface area contributed by atoms with Gasteiger partial charge in [0.25, 0.3) is 0 Å². The second-order valence-corrected chi connectivity index (χ2v) is 4.38. The summed E-state index contributed by atoms with van der Waals surface area (Å²) in [5, 5.41) is 5.49. The predicted octanol–water partition coefficient (Wildman–Crippen LogP) is 2.41. The second kappa shape index (κ2) is 5.01. The first kappa shape index (κ1) is 12.6. The standard InChI is InChI=1S/C13H20N2O/c1-5-10-7-6-8-11(9-10)13(2,3)15-12(16)14-4/h6-9H,5H2,1-4H3,(H2,14,15,16). The Morgan fingerprint density at radius 1 is 1.38 bits per heavy atom. The molecule has 0 aliphatic rings. The molecular formula is C13H20N2O. The van der Waals surface area contributed by atoms with E-state index in [4.69, 9.17) is 0 Å². The van der Waals surface area contributed by atoms with E-state index < -0.39 is 0 Å². The molecule has 0 saturated carbocycles. The van der Waals surface area contributed by atoms with Gasteiger partial charge in [-0.05, 0) is 31.4 Å². The molecular weight excluding hydrogens is 200 g/mol. The molecule has 0 fully saturated rings. The number of amides is 2. The van der Waals surface area contributed by atoms with E-state index in [1.807, 2.05) is 26.0 Å². The molecule has 1 aromatic carbocycles. The lowest BCUT2D eigenvalue weighted by Crippen LogP contribution is -2.45. The summed E-state index contributed by atoms with van der Waals surface area (Å²) in [6.45, 7) is 6.12. The molecule has 0 aliphatic heterocycles. The minimum atomic E-state index is -0.356. The summed E-state index contributed by atoms with van der Waals surface area (Å²) in [4.78, 5) is 11.3. The van der Waals surface area contributed by atoms with Gasteiger partial charge in [0.05, 0.1) is 5.54 Å². The van der Waals surface area contributed by atoms with Crippen molar-refractivity contribution < 1.29 is 4.79 Å². The molecule has 0 unspecified atom stereocenters. The highest BCUT2D eigenvalue weighted by Gasteiger charge is 2.22. The zero-order valence-electron chi connectivity index (χ0n) is 10.4. The summed E-state index contributed by atoms with van der Waals surface area (Å²) in [7, 11) is 1.62.